The molecule has 0 saturated heterocycles. The number of hydrogen-bond donors (Lipinski definition) is 2. The molecule has 2 N–H and O–H groups in total. The van der Waals surface area contributed by atoms with Crippen LogP contribution in [-0.4, -0.2) is 43.4 Å². The Morgan fingerprint density at radius 1 is 1.16 bits per heavy atom. The van der Waals surface area contributed by atoms with Gasteiger partial charge in [-0.05, 0) is 36.2 Å². The molecule has 1 heterocycles. The zero-order valence-corrected chi connectivity index (χ0v) is 14.4. The van der Waals surface area contributed by atoms with E-state index >= 15 is 0 Å². The number of anilines is 1. The van der Waals surface area contributed by atoms with Gasteiger partial charge in [-0.2, -0.15) is 0 Å². The second-order valence-electron chi connectivity index (χ2n) is 5.41. The largest absolute Gasteiger partial charge is 0.494 e. The summed E-state index contributed by atoms with van der Waals surface area (Å²) in [5.41, 5.74) is 0.533. The molecule has 0 spiro atoms. The van der Waals surface area contributed by atoms with Gasteiger partial charge in [0.15, 0.2) is 9.84 Å². The maximum absolute atomic E-state index is 11.6. The Labute approximate surface area is 146 Å². The topological polar surface area (TPSA) is 106 Å². The number of carbonyl (C=O) groups is 1. The molecule has 0 radical (unpaired) electrons. The van der Waals surface area contributed by atoms with Crippen LogP contribution in [0.15, 0.2) is 48.7 Å². The molecule has 7 nitrogen and oxygen atoms in total. The molecule has 1 aromatic heterocycles. The van der Waals surface area contributed by atoms with Crippen LogP contribution in [0.4, 0.5) is 5.82 Å². The molecule has 134 valence electrons. The molecule has 0 aliphatic heterocycles. The van der Waals surface area contributed by atoms with Gasteiger partial charge in [0, 0.05) is 12.7 Å². The summed E-state index contributed by atoms with van der Waals surface area (Å²) in [6, 6.07) is 12.3. The van der Waals surface area contributed by atoms with Crippen molar-refractivity contribution in [1.29, 1.82) is 0 Å². The molecule has 0 amide bonds. The van der Waals surface area contributed by atoms with E-state index in [1.165, 1.54) is 0 Å². The van der Waals surface area contributed by atoms with E-state index in [-0.39, 0.29) is 5.75 Å². The molecule has 0 aliphatic rings. The Morgan fingerprint density at radius 3 is 2.56 bits per heavy atom. The minimum Gasteiger partial charge on any atom is -0.494 e. The standard InChI is InChI=1S/C17H20N2O5S/c20-17(21)13-25(22,23)12-14-5-7-15(8-6-14)24-11-3-10-19-16-4-1-2-9-18-16/h1-2,4-9H,3,10-13H2,(H,18,19)(H,20,21). The summed E-state index contributed by atoms with van der Waals surface area (Å²) in [5.74, 6) is -1.06. The Bertz CT molecular complexity index is 776. The van der Waals surface area contributed by atoms with Crippen molar-refractivity contribution in [3.63, 3.8) is 0 Å². The van der Waals surface area contributed by atoms with Gasteiger partial charge in [0.05, 0.1) is 12.4 Å². The van der Waals surface area contributed by atoms with Crippen molar-refractivity contribution >= 4 is 21.6 Å². The quantitative estimate of drug-likeness (QED) is 0.621. The Hall–Kier alpha value is -2.61. The summed E-state index contributed by atoms with van der Waals surface area (Å²) in [5, 5.41) is 11.8. The molecule has 0 bridgehead atoms. The highest BCUT2D eigenvalue weighted by molar-refractivity contribution is 7.91. The normalized spacial score (nSPS) is 11.0. The number of aromatic nitrogens is 1. The third-order valence-corrected chi connectivity index (χ3v) is 4.67. The van der Waals surface area contributed by atoms with Crippen molar-refractivity contribution in [2.45, 2.75) is 12.2 Å². The van der Waals surface area contributed by atoms with Crippen molar-refractivity contribution in [2.75, 3.05) is 24.2 Å². The number of hydrogen-bond acceptors (Lipinski definition) is 6. The number of nitrogens with one attached hydrogen (secondary N) is 1. The molecule has 0 aliphatic carbocycles. The monoisotopic (exact) mass is 364 g/mol. The molecular formula is C17H20N2O5S. The van der Waals surface area contributed by atoms with Crippen molar-refractivity contribution in [1.82, 2.24) is 4.98 Å². The molecular weight excluding hydrogens is 344 g/mol. The molecule has 0 fully saturated rings. The maximum atomic E-state index is 11.6. The van der Waals surface area contributed by atoms with Crippen LogP contribution >= 0.6 is 0 Å². The number of carboxylic acids is 1. The second-order valence-corrected chi connectivity index (χ2v) is 7.48. The number of nitrogens with zero attached hydrogens (tertiary/aromatic N) is 1. The average Bonchev–Trinajstić information content (AvgIpc) is 2.55. The lowest BCUT2D eigenvalue weighted by molar-refractivity contribution is -0.134. The lowest BCUT2D eigenvalue weighted by atomic mass is 10.2. The molecule has 0 unspecified atom stereocenters. The van der Waals surface area contributed by atoms with Gasteiger partial charge in [0.2, 0.25) is 0 Å². The Kier molecular flexibility index (Phi) is 6.76. The summed E-state index contributed by atoms with van der Waals surface area (Å²) in [6.45, 7) is 1.24. The summed E-state index contributed by atoms with van der Waals surface area (Å²) < 4.78 is 28.9. The van der Waals surface area contributed by atoms with E-state index in [9.17, 15) is 13.2 Å². The number of rotatable bonds is 10. The van der Waals surface area contributed by atoms with E-state index in [1.807, 2.05) is 18.2 Å². The molecule has 0 saturated carbocycles. The van der Waals surface area contributed by atoms with E-state index in [1.54, 1.807) is 30.5 Å². The van der Waals surface area contributed by atoms with Crippen molar-refractivity contribution in [2.24, 2.45) is 0 Å². The van der Waals surface area contributed by atoms with Crippen LogP contribution in [0.1, 0.15) is 12.0 Å². The van der Waals surface area contributed by atoms with Crippen LogP contribution in [0.25, 0.3) is 0 Å². The summed E-state index contributed by atoms with van der Waals surface area (Å²) >= 11 is 0. The van der Waals surface area contributed by atoms with Crippen molar-refractivity contribution in [3.8, 4) is 5.75 Å². The van der Waals surface area contributed by atoms with E-state index in [4.69, 9.17) is 9.84 Å². The SMILES string of the molecule is O=C(O)CS(=O)(=O)Cc1ccc(OCCCNc2ccccn2)cc1. The number of pyridine rings is 1. The van der Waals surface area contributed by atoms with E-state index in [0.29, 0.717) is 17.9 Å². The number of sulfone groups is 1. The van der Waals surface area contributed by atoms with E-state index < -0.39 is 21.6 Å². The zero-order chi connectivity index (χ0) is 18.1. The van der Waals surface area contributed by atoms with Crippen LogP contribution in [0.2, 0.25) is 0 Å². The Morgan fingerprint density at radius 2 is 1.92 bits per heavy atom. The summed E-state index contributed by atoms with van der Waals surface area (Å²) in [4.78, 5) is 14.7. The van der Waals surface area contributed by atoms with Gasteiger partial charge in [-0.3, -0.25) is 4.79 Å². The van der Waals surface area contributed by atoms with E-state index in [2.05, 4.69) is 10.3 Å². The fraction of sp³-hybridized carbons (Fsp3) is 0.294. The fourth-order valence-electron chi connectivity index (χ4n) is 2.12. The van der Waals surface area contributed by atoms with Crippen molar-refractivity contribution in [3.05, 3.63) is 54.2 Å². The molecule has 25 heavy (non-hydrogen) atoms. The average molecular weight is 364 g/mol. The minimum absolute atomic E-state index is 0.298. The highest BCUT2D eigenvalue weighted by Crippen LogP contribution is 2.15. The predicted molar refractivity (Wildman–Crippen MR) is 94.4 cm³/mol. The molecule has 8 heteroatoms. The van der Waals surface area contributed by atoms with Gasteiger partial charge in [-0.1, -0.05) is 18.2 Å². The third kappa shape index (κ3) is 7.21. The first-order valence-corrected chi connectivity index (χ1v) is 9.56. The predicted octanol–water partition coefficient (Wildman–Crippen LogP) is 1.96. The lowest BCUT2D eigenvalue weighted by Crippen LogP contribution is -2.16. The highest BCUT2D eigenvalue weighted by atomic mass is 32.2. The Balaban J connectivity index is 1.72. The summed E-state index contributed by atoms with van der Waals surface area (Å²) in [6.07, 6.45) is 2.50. The van der Waals surface area contributed by atoms with Crippen LogP contribution < -0.4 is 10.1 Å². The van der Waals surface area contributed by atoms with Gasteiger partial charge in [-0.25, -0.2) is 13.4 Å². The first kappa shape index (κ1) is 18.7. The number of benzene rings is 1. The smallest absolute Gasteiger partial charge is 0.318 e. The van der Waals surface area contributed by atoms with Gasteiger partial charge in [0.1, 0.15) is 17.3 Å². The maximum Gasteiger partial charge on any atom is 0.318 e. The third-order valence-electron chi connectivity index (χ3n) is 3.21. The minimum atomic E-state index is -3.65. The molecule has 2 rings (SSSR count). The van der Waals surface area contributed by atoms with Gasteiger partial charge in [-0.15, -0.1) is 0 Å². The van der Waals surface area contributed by atoms with Gasteiger partial charge >= 0.3 is 5.97 Å². The first-order chi connectivity index (χ1) is 11.9. The zero-order valence-electron chi connectivity index (χ0n) is 13.6. The molecule has 0 atom stereocenters. The number of carboxylic acid groups (broad SMARTS) is 1. The van der Waals surface area contributed by atoms with Crippen molar-refractivity contribution < 1.29 is 23.1 Å². The number of aliphatic carboxylic acids is 1. The first-order valence-electron chi connectivity index (χ1n) is 7.73. The molecule has 1 aromatic carbocycles. The van der Waals surface area contributed by atoms with Gasteiger partial charge in [0.25, 0.3) is 0 Å². The fourth-order valence-corrected chi connectivity index (χ4v) is 3.30. The molecule has 2 aromatic rings. The van der Waals surface area contributed by atoms with Crippen LogP contribution in [0, 0.1) is 0 Å². The second kappa shape index (κ2) is 9.03. The highest BCUT2D eigenvalue weighted by Gasteiger charge is 2.16. The van der Waals surface area contributed by atoms with Crippen LogP contribution in [0.3, 0.4) is 0 Å². The van der Waals surface area contributed by atoms with E-state index in [0.717, 1.165) is 18.8 Å². The van der Waals surface area contributed by atoms with Crippen LogP contribution in [-0.2, 0) is 20.4 Å². The van der Waals surface area contributed by atoms with Gasteiger partial charge < -0.3 is 15.2 Å². The summed E-state index contributed by atoms with van der Waals surface area (Å²) in [7, 11) is -3.65. The number of ether oxygens (including phenoxy) is 1. The lowest BCUT2D eigenvalue weighted by Gasteiger charge is -2.08. The van der Waals surface area contributed by atoms with Crippen LogP contribution in [0.5, 0.6) is 5.75 Å².